The zero-order chi connectivity index (χ0) is 21.7. The highest BCUT2D eigenvalue weighted by atomic mass is 16.5. The van der Waals surface area contributed by atoms with Crippen molar-refractivity contribution in [1.82, 2.24) is 14.8 Å². The second-order valence-corrected chi connectivity index (χ2v) is 9.92. The molecule has 3 atom stereocenters. The third kappa shape index (κ3) is 2.33. The number of amides is 2. The van der Waals surface area contributed by atoms with E-state index in [0.29, 0.717) is 13.0 Å². The summed E-state index contributed by atoms with van der Waals surface area (Å²) in [5, 5.41) is 1.08. The van der Waals surface area contributed by atoms with Crippen LogP contribution in [0.1, 0.15) is 50.4 Å². The Morgan fingerprint density at radius 1 is 1.19 bits per heavy atom. The number of hydrogen-bond acceptors (Lipinski definition) is 3. The number of nitrogens with zero attached hydrogens (tertiary/aromatic N) is 2. The summed E-state index contributed by atoms with van der Waals surface area (Å²) in [6.07, 6.45) is 8.11. The summed E-state index contributed by atoms with van der Waals surface area (Å²) < 4.78 is 6.16. The number of carbonyl (C=O) groups excluding carboxylic acids is 2. The van der Waals surface area contributed by atoms with Crippen molar-refractivity contribution >= 4 is 28.8 Å². The highest BCUT2D eigenvalue weighted by Gasteiger charge is 2.56. The number of piperazine rings is 1. The summed E-state index contributed by atoms with van der Waals surface area (Å²) in [7, 11) is 0. The van der Waals surface area contributed by atoms with Gasteiger partial charge in [-0.15, -0.1) is 6.58 Å². The molecule has 2 saturated heterocycles. The lowest BCUT2D eigenvalue weighted by Gasteiger charge is -2.52. The van der Waals surface area contributed by atoms with E-state index in [0.717, 1.165) is 46.3 Å². The average Bonchev–Trinajstić information content (AvgIpc) is 3.35. The van der Waals surface area contributed by atoms with E-state index in [2.05, 4.69) is 29.8 Å². The standard InChI is InChI=1S/C25H27N3O3/c1-5-25(4)21-16(12-19-22(29)27-10-6-7-18(27)23(30)28(19)25)15-11-14-8-9-24(2,3)31-20(14)13-17(15)26-21/h5,8-9,11,13,18-19,26H,1,6-7,10,12H2,2-4H3/t18-,19-,25?/m0/s1. The lowest BCUT2D eigenvalue weighted by Crippen LogP contribution is -2.69. The maximum Gasteiger partial charge on any atom is 0.247 e. The van der Waals surface area contributed by atoms with E-state index >= 15 is 0 Å². The predicted octanol–water partition coefficient (Wildman–Crippen LogP) is 3.51. The van der Waals surface area contributed by atoms with Crippen molar-refractivity contribution in [3.05, 3.63) is 47.7 Å². The molecule has 1 N–H and O–H groups in total. The number of benzene rings is 1. The number of hydrogen-bond donors (Lipinski definition) is 1. The molecule has 6 heteroatoms. The fourth-order valence-corrected chi connectivity index (χ4v) is 5.91. The van der Waals surface area contributed by atoms with E-state index in [1.807, 2.05) is 32.9 Å². The van der Waals surface area contributed by atoms with E-state index < -0.39 is 11.6 Å². The predicted molar refractivity (Wildman–Crippen MR) is 119 cm³/mol. The number of aromatic nitrogens is 1. The Labute approximate surface area is 181 Å². The first-order valence-electron chi connectivity index (χ1n) is 11.1. The van der Waals surface area contributed by atoms with Crippen LogP contribution in [0.3, 0.4) is 0 Å². The van der Waals surface area contributed by atoms with Gasteiger partial charge in [0.15, 0.2) is 0 Å². The molecular formula is C25H27N3O3. The van der Waals surface area contributed by atoms with Gasteiger partial charge in [0.2, 0.25) is 11.8 Å². The summed E-state index contributed by atoms with van der Waals surface area (Å²) in [5.41, 5.74) is 2.92. The summed E-state index contributed by atoms with van der Waals surface area (Å²) in [5.74, 6) is 0.948. The lowest BCUT2D eigenvalue weighted by molar-refractivity contribution is -0.166. The van der Waals surface area contributed by atoms with Crippen LogP contribution in [-0.2, 0) is 21.5 Å². The van der Waals surface area contributed by atoms with Gasteiger partial charge < -0.3 is 19.5 Å². The van der Waals surface area contributed by atoms with Crippen LogP contribution in [0.2, 0.25) is 0 Å². The van der Waals surface area contributed by atoms with Crippen LogP contribution >= 0.6 is 0 Å². The number of H-pyrrole nitrogens is 1. The van der Waals surface area contributed by atoms with Gasteiger partial charge >= 0.3 is 0 Å². The number of ether oxygens (including phenoxy) is 1. The van der Waals surface area contributed by atoms with Gasteiger partial charge in [-0.2, -0.15) is 0 Å². The molecule has 0 saturated carbocycles. The van der Waals surface area contributed by atoms with Gasteiger partial charge in [-0.1, -0.05) is 12.2 Å². The van der Waals surface area contributed by atoms with Crippen molar-refractivity contribution in [1.29, 1.82) is 0 Å². The normalized spacial score (nSPS) is 30.5. The molecule has 4 aliphatic heterocycles. The molecule has 0 bridgehead atoms. The number of aromatic amines is 1. The monoisotopic (exact) mass is 417 g/mol. The first-order valence-corrected chi connectivity index (χ1v) is 11.1. The molecule has 4 aliphatic rings. The van der Waals surface area contributed by atoms with Crippen molar-refractivity contribution in [3.63, 3.8) is 0 Å². The number of nitrogens with one attached hydrogen (secondary N) is 1. The quantitative estimate of drug-likeness (QED) is 0.722. The van der Waals surface area contributed by atoms with Crippen LogP contribution in [0.4, 0.5) is 0 Å². The second-order valence-electron chi connectivity index (χ2n) is 9.92. The van der Waals surface area contributed by atoms with Crippen LogP contribution in [0.25, 0.3) is 17.0 Å². The van der Waals surface area contributed by atoms with Crippen LogP contribution in [-0.4, -0.2) is 50.8 Å². The molecule has 1 unspecified atom stereocenters. The van der Waals surface area contributed by atoms with Gasteiger partial charge in [0, 0.05) is 41.2 Å². The molecule has 2 amide bonds. The average molecular weight is 418 g/mol. The zero-order valence-electron chi connectivity index (χ0n) is 18.2. The van der Waals surface area contributed by atoms with Crippen molar-refractivity contribution < 1.29 is 14.3 Å². The van der Waals surface area contributed by atoms with Crippen molar-refractivity contribution in [2.75, 3.05) is 6.54 Å². The smallest absolute Gasteiger partial charge is 0.247 e. The molecule has 5 heterocycles. The van der Waals surface area contributed by atoms with Crippen molar-refractivity contribution in [2.24, 2.45) is 0 Å². The highest BCUT2D eigenvalue weighted by Crippen LogP contribution is 2.47. The van der Waals surface area contributed by atoms with E-state index in [1.165, 1.54) is 0 Å². The Kier molecular flexibility index (Phi) is 3.51. The third-order valence-electron chi connectivity index (χ3n) is 7.53. The largest absolute Gasteiger partial charge is 0.483 e. The van der Waals surface area contributed by atoms with Gasteiger partial charge in [0.1, 0.15) is 23.4 Å². The molecule has 2 fully saturated rings. The first kappa shape index (κ1) is 18.7. The maximum atomic E-state index is 13.5. The first-order chi connectivity index (χ1) is 14.7. The van der Waals surface area contributed by atoms with Crippen LogP contribution in [0, 0.1) is 0 Å². The number of rotatable bonds is 1. The van der Waals surface area contributed by atoms with Gasteiger partial charge in [0.25, 0.3) is 0 Å². The van der Waals surface area contributed by atoms with E-state index in [9.17, 15) is 9.59 Å². The Hall–Kier alpha value is -3.02. The highest BCUT2D eigenvalue weighted by molar-refractivity contribution is 6.00. The fraction of sp³-hybridized carbons (Fsp3) is 0.440. The minimum Gasteiger partial charge on any atom is -0.483 e. The minimum atomic E-state index is -0.769. The lowest BCUT2D eigenvalue weighted by atomic mass is 9.80. The Morgan fingerprint density at radius 2 is 2.00 bits per heavy atom. The summed E-state index contributed by atoms with van der Waals surface area (Å²) >= 11 is 0. The Bertz CT molecular complexity index is 1210. The fourth-order valence-electron chi connectivity index (χ4n) is 5.91. The van der Waals surface area contributed by atoms with Crippen LogP contribution in [0.15, 0.2) is 30.9 Å². The Morgan fingerprint density at radius 3 is 2.77 bits per heavy atom. The second kappa shape index (κ2) is 5.81. The molecule has 31 heavy (non-hydrogen) atoms. The number of carbonyl (C=O) groups is 2. The van der Waals surface area contributed by atoms with E-state index in [-0.39, 0.29) is 23.5 Å². The van der Waals surface area contributed by atoms with Crippen molar-refractivity contribution in [3.8, 4) is 5.75 Å². The van der Waals surface area contributed by atoms with Crippen LogP contribution in [0.5, 0.6) is 5.75 Å². The van der Waals surface area contributed by atoms with E-state index in [4.69, 9.17) is 4.74 Å². The molecule has 0 radical (unpaired) electrons. The zero-order valence-corrected chi connectivity index (χ0v) is 18.2. The Balaban J connectivity index is 1.55. The van der Waals surface area contributed by atoms with Gasteiger partial charge in [-0.05, 0) is 51.3 Å². The number of fused-ring (bicyclic) bond motifs is 6. The SMILES string of the molecule is C=CC1(C)c2[nH]c3cc4c(cc3c2C[C@H]2C(=O)N3CCC[C@H]3C(=O)N21)C=CC(C)(C)O4. The van der Waals surface area contributed by atoms with Gasteiger partial charge in [0.05, 0.1) is 5.54 Å². The minimum absolute atomic E-state index is 0.0427. The topological polar surface area (TPSA) is 65.6 Å². The summed E-state index contributed by atoms with van der Waals surface area (Å²) in [4.78, 5) is 34.1. The molecular weight excluding hydrogens is 390 g/mol. The molecule has 0 aliphatic carbocycles. The summed E-state index contributed by atoms with van der Waals surface area (Å²) in [6.45, 7) is 10.8. The molecule has 160 valence electrons. The molecule has 0 spiro atoms. The maximum absolute atomic E-state index is 13.5. The molecule has 2 aromatic rings. The molecule has 6 rings (SSSR count). The van der Waals surface area contributed by atoms with Gasteiger partial charge in [-0.25, -0.2) is 0 Å². The van der Waals surface area contributed by atoms with Gasteiger partial charge in [-0.3, -0.25) is 9.59 Å². The molecule has 1 aromatic heterocycles. The molecule has 6 nitrogen and oxygen atoms in total. The molecule has 1 aromatic carbocycles. The van der Waals surface area contributed by atoms with Crippen molar-refractivity contribution in [2.45, 2.75) is 63.3 Å². The van der Waals surface area contributed by atoms with E-state index in [1.54, 1.807) is 9.80 Å². The third-order valence-corrected chi connectivity index (χ3v) is 7.53. The summed E-state index contributed by atoms with van der Waals surface area (Å²) in [6, 6.07) is 3.36. The van der Waals surface area contributed by atoms with Crippen LogP contribution < -0.4 is 4.74 Å².